The van der Waals surface area contributed by atoms with Crippen molar-refractivity contribution >= 4 is 0 Å². The highest BCUT2D eigenvalue weighted by atomic mass is 16.5. The smallest absolute Gasteiger partial charge is 0.129 e. The van der Waals surface area contributed by atoms with E-state index in [2.05, 4.69) is 36.0 Å². The lowest BCUT2D eigenvalue weighted by Crippen LogP contribution is -2.22. The monoisotopic (exact) mass is 300 g/mol. The van der Waals surface area contributed by atoms with E-state index in [1.165, 1.54) is 5.56 Å². The Hall–Kier alpha value is -2.07. The Labute approximate surface area is 132 Å². The van der Waals surface area contributed by atoms with Gasteiger partial charge in [-0.3, -0.25) is 9.88 Å². The van der Waals surface area contributed by atoms with Crippen LogP contribution in [0.4, 0.5) is 0 Å². The number of hydrogen-bond donors (Lipinski definition) is 0. The fourth-order valence-corrected chi connectivity index (χ4v) is 2.64. The summed E-state index contributed by atoms with van der Waals surface area (Å²) in [4.78, 5) is 6.48. The average Bonchev–Trinajstić information content (AvgIpc) is 2.55. The van der Waals surface area contributed by atoms with Crippen molar-refractivity contribution in [1.82, 2.24) is 9.88 Å². The molecule has 4 nitrogen and oxygen atoms in total. The molecule has 0 radical (unpaired) electrons. The van der Waals surface area contributed by atoms with Gasteiger partial charge < -0.3 is 9.47 Å². The lowest BCUT2D eigenvalue weighted by Gasteiger charge is -2.26. The molecule has 1 heterocycles. The summed E-state index contributed by atoms with van der Waals surface area (Å²) in [6.07, 6.45) is 3.71. The predicted molar refractivity (Wildman–Crippen MR) is 88.4 cm³/mol. The summed E-state index contributed by atoms with van der Waals surface area (Å²) in [5.41, 5.74) is 3.39. The van der Waals surface area contributed by atoms with Crippen LogP contribution in [0.25, 0.3) is 0 Å². The first-order chi connectivity index (χ1) is 10.6. The quantitative estimate of drug-likeness (QED) is 0.816. The van der Waals surface area contributed by atoms with E-state index in [0.717, 1.165) is 29.2 Å². The molecule has 2 rings (SSSR count). The van der Waals surface area contributed by atoms with Crippen molar-refractivity contribution in [3.8, 4) is 11.5 Å². The first kappa shape index (κ1) is 16.3. The van der Waals surface area contributed by atoms with Crippen LogP contribution in [-0.2, 0) is 6.54 Å². The van der Waals surface area contributed by atoms with Crippen molar-refractivity contribution < 1.29 is 9.47 Å². The number of aromatic nitrogens is 1. The van der Waals surface area contributed by atoms with Gasteiger partial charge in [-0.1, -0.05) is 12.1 Å². The number of hydrogen-bond acceptors (Lipinski definition) is 4. The van der Waals surface area contributed by atoms with Crippen molar-refractivity contribution in [2.75, 3.05) is 21.3 Å². The summed E-state index contributed by atoms with van der Waals surface area (Å²) in [6, 6.07) is 8.41. The Morgan fingerprint density at radius 1 is 1.18 bits per heavy atom. The maximum Gasteiger partial charge on any atom is 0.129 e. The Morgan fingerprint density at radius 2 is 1.95 bits per heavy atom. The van der Waals surface area contributed by atoms with E-state index in [1.807, 2.05) is 25.3 Å². The van der Waals surface area contributed by atoms with E-state index in [4.69, 9.17) is 9.47 Å². The minimum atomic E-state index is 0.279. The van der Waals surface area contributed by atoms with Crippen molar-refractivity contribution in [2.45, 2.75) is 26.4 Å². The van der Waals surface area contributed by atoms with Gasteiger partial charge in [-0.05, 0) is 38.6 Å². The van der Waals surface area contributed by atoms with E-state index in [1.54, 1.807) is 20.4 Å². The SMILES string of the molecule is COc1ccc(CN(C)[C@@H](C)c2cccnc2)c(OC)c1C. The van der Waals surface area contributed by atoms with Crippen LogP contribution in [0.1, 0.15) is 29.7 Å². The first-order valence-corrected chi connectivity index (χ1v) is 7.39. The number of benzene rings is 1. The van der Waals surface area contributed by atoms with Gasteiger partial charge in [-0.15, -0.1) is 0 Å². The maximum absolute atomic E-state index is 5.59. The molecule has 0 saturated heterocycles. The zero-order valence-corrected chi connectivity index (χ0v) is 14.0. The van der Waals surface area contributed by atoms with Crippen molar-refractivity contribution in [3.63, 3.8) is 0 Å². The molecule has 118 valence electrons. The molecule has 22 heavy (non-hydrogen) atoms. The Morgan fingerprint density at radius 3 is 2.55 bits per heavy atom. The largest absolute Gasteiger partial charge is 0.496 e. The second kappa shape index (κ2) is 7.27. The minimum Gasteiger partial charge on any atom is -0.496 e. The second-order valence-electron chi connectivity index (χ2n) is 5.46. The molecule has 2 aromatic rings. The molecule has 0 aliphatic heterocycles. The van der Waals surface area contributed by atoms with E-state index < -0.39 is 0 Å². The van der Waals surface area contributed by atoms with Crippen LogP contribution in [0.15, 0.2) is 36.7 Å². The summed E-state index contributed by atoms with van der Waals surface area (Å²) in [6.45, 7) is 5.00. The van der Waals surface area contributed by atoms with Crippen LogP contribution in [-0.4, -0.2) is 31.2 Å². The zero-order valence-electron chi connectivity index (χ0n) is 14.0. The molecule has 1 atom stereocenters. The van der Waals surface area contributed by atoms with Gasteiger partial charge in [-0.25, -0.2) is 0 Å². The molecule has 0 fully saturated rings. The molecule has 1 aromatic carbocycles. The molecule has 0 amide bonds. The Balaban J connectivity index is 2.21. The van der Waals surface area contributed by atoms with Crippen LogP contribution in [0.2, 0.25) is 0 Å². The summed E-state index contributed by atoms with van der Waals surface area (Å²) in [5, 5.41) is 0. The van der Waals surface area contributed by atoms with Gasteiger partial charge >= 0.3 is 0 Å². The highest BCUT2D eigenvalue weighted by Gasteiger charge is 2.16. The Kier molecular flexibility index (Phi) is 5.39. The second-order valence-corrected chi connectivity index (χ2v) is 5.46. The molecule has 0 saturated carbocycles. The molecule has 1 aromatic heterocycles. The van der Waals surface area contributed by atoms with Crippen LogP contribution >= 0.6 is 0 Å². The van der Waals surface area contributed by atoms with Crippen molar-refractivity contribution in [2.24, 2.45) is 0 Å². The molecule has 0 N–H and O–H groups in total. The Bertz CT molecular complexity index is 614. The molecule has 4 heteroatoms. The third-order valence-corrected chi connectivity index (χ3v) is 4.11. The highest BCUT2D eigenvalue weighted by molar-refractivity contribution is 5.49. The lowest BCUT2D eigenvalue weighted by molar-refractivity contribution is 0.248. The first-order valence-electron chi connectivity index (χ1n) is 7.39. The van der Waals surface area contributed by atoms with E-state index >= 15 is 0 Å². The number of rotatable bonds is 6. The van der Waals surface area contributed by atoms with Gasteiger partial charge in [0.1, 0.15) is 11.5 Å². The summed E-state index contributed by atoms with van der Waals surface area (Å²) in [7, 11) is 5.49. The number of ether oxygens (including phenoxy) is 2. The molecule has 0 bridgehead atoms. The van der Waals surface area contributed by atoms with Gasteiger partial charge in [0, 0.05) is 36.1 Å². The maximum atomic E-state index is 5.59. The number of nitrogens with zero attached hydrogens (tertiary/aromatic N) is 2. The fourth-order valence-electron chi connectivity index (χ4n) is 2.64. The topological polar surface area (TPSA) is 34.6 Å². The minimum absolute atomic E-state index is 0.279. The molecule has 0 unspecified atom stereocenters. The van der Waals surface area contributed by atoms with E-state index in [0.29, 0.717) is 0 Å². The summed E-state index contributed by atoms with van der Waals surface area (Å²) >= 11 is 0. The van der Waals surface area contributed by atoms with Crippen LogP contribution in [0, 0.1) is 6.92 Å². The third kappa shape index (κ3) is 3.39. The number of methoxy groups -OCH3 is 2. The molecule has 0 aliphatic rings. The van der Waals surface area contributed by atoms with Gasteiger partial charge in [0.2, 0.25) is 0 Å². The summed E-state index contributed by atoms with van der Waals surface area (Å²) in [5.74, 6) is 1.74. The van der Waals surface area contributed by atoms with Crippen LogP contribution < -0.4 is 9.47 Å². The normalized spacial score (nSPS) is 12.3. The van der Waals surface area contributed by atoms with Gasteiger partial charge in [0.15, 0.2) is 0 Å². The fraction of sp³-hybridized carbons (Fsp3) is 0.389. The van der Waals surface area contributed by atoms with E-state index in [-0.39, 0.29) is 6.04 Å². The average molecular weight is 300 g/mol. The van der Waals surface area contributed by atoms with Crippen LogP contribution in [0.5, 0.6) is 11.5 Å². The van der Waals surface area contributed by atoms with Crippen LogP contribution in [0.3, 0.4) is 0 Å². The molecular formula is C18H24N2O2. The molecule has 0 aliphatic carbocycles. The molecular weight excluding hydrogens is 276 g/mol. The summed E-state index contributed by atoms with van der Waals surface area (Å²) < 4.78 is 10.9. The predicted octanol–water partition coefficient (Wildman–Crippen LogP) is 3.60. The van der Waals surface area contributed by atoms with Gasteiger partial charge in [0.25, 0.3) is 0 Å². The van der Waals surface area contributed by atoms with Crippen molar-refractivity contribution in [1.29, 1.82) is 0 Å². The van der Waals surface area contributed by atoms with Crippen molar-refractivity contribution in [3.05, 3.63) is 53.3 Å². The molecule has 0 spiro atoms. The third-order valence-electron chi connectivity index (χ3n) is 4.11. The van der Waals surface area contributed by atoms with E-state index in [9.17, 15) is 0 Å². The standard InChI is InChI=1S/C18H24N2O2/c1-13-17(21-4)9-8-16(18(13)22-5)12-20(3)14(2)15-7-6-10-19-11-15/h6-11,14H,12H2,1-5H3/t14-/m0/s1. The highest BCUT2D eigenvalue weighted by Crippen LogP contribution is 2.33. The lowest BCUT2D eigenvalue weighted by atomic mass is 10.1. The van der Waals surface area contributed by atoms with Gasteiger partial charge in [-0.2, -0.15) is 0 Å². The number of pyridine rings is 1. The zero-order chi connectivity index (χ0) is 16.1. The van der Waals surface area contributed by atoms with Gasteiger partial charge in [0.05, 0.1) is 14.2 Å².